The lowest BCUT2D eigenvalue weighted by Crippen LogP contribution is -2.32. The molecule has 1 fully saturated rings. The van der Waals surface area contributed by atoms with Gasteiger partial charge in [0.15, 0.2) is 0 Å². The maximum absolute atomic E-state index is 5.29. The summed E-state index contributed by atoms with van der Waals surface area (Å²) in [5, 5.41) is 11.1. The molecule has 0 amide bonds. The lowest BCUT2D eigenvalue weighted by molar-refractivity contribution is 0.435. The molecule has 15 heavy (non-hydrogen) atoms. The Balaban J connectivity index is 1.75. The van der Waals surface area contributed by atoms with E-state index in [1.54, 1.807) is 0 Å². The number of thioether (sulfide) groups is 1. The molecule has 1 N–H and O–H groups in total. The largest absolute Gasteiger partial charge is 0.424 e. The van der Waals surface area contributed by atoms with Crippen molar-refractivity contribution >= 4 is 11.8 Å². The lowest BCUT2D eigenvalue weighted by Gasteiger charge is -2.22. The molecule has 1 aromatic rings. The van der Waals surface area contributed by atoms with Crippen LogP contribution in [0.25, 0.3) is 0 Å². The fourth-order valence-electron chi connectivity index (χ4n) is 1.82. The molecule has 1 unspecified atom stereocenters. The highest BCUT2D eigenvalue weighted by atomic mass is 32.2. The molecule has 2 heterocycles. The number of nitrogens with zero attached hydrogens (tertiary/aromatic N) is 2. The first-order valence-corrected chi connectivity index (χ1v) is 6.30. The van der Waals surface area contributed by atoms with Gasteiger partial charge in [0.25, 0.3) is 0 Å². The van der Waals surface area contributed by atoms with Crippen LogP contribution in [-0.4, -0.2) is 27.2 Å². The van der Waals surface area contributed by atoms with Crippen LogP contribution in [0, 0.1) is 6.92 Å². The van der Waals surface area contributed by atoms with Crippen molar-refractivity contribution in [3.8, 4) is 0 Å². The Labute approximate surface area is 94.2 Å². The second-order valence-electron chi connectivity index (χ2n) is 4.22. The van der Waals surface area contributed by atoms with Gasteiger partial charge in [0.1, 0.15) is 0 Å². The van der Waals surface area contributed by atoms with E-state index in [2.05, 4.69) is 34.2 Å². The Morgan fingerprint density at radius 2 is 2.40 bits per heavy atom. The molecule has 0 radical (unpaired) electrons. The molecule has 1 atom stereocenters. The van der Waals surface area contributed by atoms with E-state index < -0.39 is 0 Å². The van der Waals surface area contributed by atoms with Crippen LogP contribution in [0.15, 0.2) is 4.42 Å². The molecular weight excluding hydrogens is 210 g/mol. The van der Waals surface area contributed by atoms with Crippen LogP contribution in [0.5, 0.6) is 0 Å². The summed E-state index contributed by atoms with van der Waals surface area (Å²) in [6.45, 7) is 5.82. The molecule has 5 heteroatoms. The summed E-state index contributed by atoms with van der Waals surface area (Å²) >= 11 is 2.06. The quantitative estimate of drug-likeness (QED) is 0.849. The minimum absolute atomic E-state index is 0.398. The summed E-state index contributed by atoms with van der Waals surface area (Å²) in [4.78, 5) is 0. The van der Waals surface area contributed by atoms with Gasteiger partial charge >= 0.3 is 0 Å². The molecular formula is C10H17N3OS. The highest BCUT2D eigenvalue weighted by Crippen LogP contribution is 2.36. The predicted octanol–water partition coefficient (Wildman–Crippen LogP) is 1.75. The summed E-state index contributed by atoms with van der Waals surface area (Å²) in [5.41, 5.74) is 0. The molecule has 2 rings (SSSR count). The highest BCUT2D eigenvalue weighted by Gasteiger charge is 2.28. The number of hydrogen-bond donors (Lipinski definition) is 1. The molecule has 1 aromatic heterocycles. The van der Waals surface area contributed by atoms with E-state index in [0.29, 0.717) is 23.1 Å². The smallest absolute Gasteiger partial charge is 0.230 e. The first-order chi connectivity index (χ1) is 7.18. The van der Waals surface area contributed by atoms with Gasteiger partial charge in [-0.25, -0.2) is 0 Å². The second kappa shape index (κ2) is 4.53. The topological polar surface area (TPSA) is 51.0 Å². The average Bonchev–Trinajstić information content (AvgIpc) is 2.76. The normalized spacial score (nSPS) is 26.0. The zero-order chi connectivity index (χ0) is 10.7. The predicted molar refractivity (Wildman–Crippen MR) is 60.8 cm³/mol. The summed E-state index contributed by atoms with van der Waals surface area (Å²) in [6, 6.07) is 0. The van der Waals surface area contributed by atoms with Gasteiger partial charge in [-0.15, -0.1) is 10.2 Å². The molecule has 4 nitrogen and oxygen atoms in total. The molecule has 0 bridgehead atoms. The number of rotatable bonds is 4. The van der Waals surface area contributed by atoms with Gasteiger partial charge in [-0.2, -0.15) is 11.8 Å². The molecule has 0 aromatic carbocycles. The molecule has 0 aliphatic carbocycles. The van der Waals surface area contributed by atoms with E-state index in [-0.39, 0.29) is 0 Å². The number of nitrogens with one attached hydrogen (secondary N) is 1. The van der Waals surface area contributed by atoms with Gasteiger partial charge in [0.2, 0.25) is 11.8 Å². The summed E-state index contributed by atoms with van der Waals surface area (Å²) in [5.74, 6) is 2.60. The molecule has 0 saturated carbocycles. The number of hydrogen-bond acceptors (Lipinski definition) is 5. The van der Waals surface area contributed by atoms with Gasteiger partial charge in [0, 0.05) is 18.2 Å². The average molecular weight is 227 g/mol. The van der Waals surface area contributed by atoms with E-state index >= 15 is 0 Å². The SMILES string of the molecule is Cc1nnc(CNCC2(C)CCCS2)o1. The zero-order valence-corrected chi connectivity index (χ0v) is 10.1. The standard InChI is InChI=1S/C10H17N3OS/c1-8-12-13-9(14-8)6-11-7-10(2)4-3-5-15-10/h11H,3-7H2,1-2H3. The van der Waals surface area contributed by atoms with Crippen molar-refractivity contribution in [2.45, 2.75) is 38.0 Å². The van der Waals surface area contributed by atoms with Gasteiger partial charge in [-0.05, 0) is 25.5 Å². The van der Waals surface area contributed by atoms with E-state index in [1.165, 1.54) is 18.6 Å². The Morgan fingerprint density at radius 3 is 3.00 bits per heavy atom. The van der Waals surface area contributed by atoms with E-state index in [9.17, 15) is 0 Å². The van der Waals surface area contributed by atoms with Crippen molar-refractivity contribution in [3.05, 3.63) is 11.8 Å². The molecule has 0 spiro atoms. The number of aromatic nitrogens is 2. The van der Waals surface area contributed by atoms with Crippen LogP contribution in [0.4, 0.5) is 0 Å². The third-order valence-electron chi connectivity index (χ3n) is 2.64. The van der Waals surface area contributed by atoms with Crippen molar-refractivity contribution in [2.24, 2.45) is 0 Å². The third kappa shape index (κ3) is 2.95. The molecule has 1 aliphatic heterocycles. The maximum atomic E-state index is 5.29. The fourth-order valence-corrected chi connectivity index (χ4v) is 3.09. The Bertz CT molecular complexity index is 320. The van der Waals surface area contributed by atoms with Crippen molar-refractivity contribution in [1.82, 2.24) is 15.5 Å². The molecule has 1 saturated heterocycles. The van der Waals surface area contributed by atoms with Crippen molar-refractivity contribution in [3.63, 3.8) is 0 Å². The minimum atomic E-state index is 0.398. The third-order valence-corrected chi connectivity index (χ3v) is 4.18. The van der Waals surface area contributed by atoms with Gasteiger partial charge in [0.05, 0.1) is 6.54 Å². The number of aryl methyl sites for hydroxylation is 1. The van der Waals surface area contributed by atoms with Crippen LogP contribution >= 0.6 is 11.8 Å². The van der Waals surface area contributed by atoms with Gasteiger partial charge < -0.3 is 9.73 Å². The zero-order valence-electron chi connectivity index (χ0n) is 9.25. The van der Waals surface area contributed by atoms with E-state index in [4.69, 9.17) is 4.42 Å². The van der Waals surface area contributed by atoms with Gasteiger partial charge in [-0.1, -0.05) is 0 Å². The Kier molecular flexibility index (Phi) is 3.31. The van der Waals surface area contributed by atoms with E-state index in [1.807, 2.05) is 6.92 Å². The fraction of sp³-hybridized carbons (Fsp3) is 0.800. The first-order valence-electron chi connectivity index (χ1n) is 5.32. The minimum Gasteiger partial charge on any atom is -0.424 e. The molecule has 84 valence electrons. The van der Waals surface area contributed by atoms with Crippen LogP contribution in [0.2, 0.25) is 0 Å². The summed E-state index contributed by atoms with van der Waals surface area (Å²) < 4.78 is 5.69. The Morgan fingerprint density at radius 1 is 1.53 bits per heavy atom. The van der Waals surface area contributed by atoms with Crippen LogP contribution in [0.3, 0.4) is 0 Å². The van der Waals surface area contributed by atoms with Crippen molar-refractivity contribution in [1.29, 1.82) is 0 Å². The summed E-state index contributed by atoms with van der Waals surface area (Å²) in [6.07, 6.45) is 2.63. The van der Waals surface area contributed by atoms with E-state index in [0.717, 1.165) is 6.54 Å². The van der Waals surface area contributed by atoms with Crippen LogP contribution in [0.1, 0.15) is 31.5 Å². The maximum Gasteiger partial charge on any atom is 0.230 e. The lowest BCUT2D eigenvalue weighted by atomic mass is 10.1. The Hall–Kier alpha value is -0.550. The van der Waals surface area contributed by atoms with Crippen molar-refractivity contribution < 1.29 is 4.42 Å². The van der Waals surface area contributed by atoms with Crippen LogP contribution < -0.4 is 5.32 Å². The first kappa shape index (κ1) is 11.0. The highest BCUT2D eigenvalue weighted by molar-refractivity contribution is 8.00. The van der Waals surface area contributed by atoms with Crippen LogP contribution in [-0.2, 0) is 6.54 Å². The van der Waals surface area contributed by atoms with Gasteiger partial charge in [-0.3, -0.25) is 0 Å². The summed E-state index contributed by atoms with van der Waals surface area (Å²) in [7, 11) is 0. The second-order valence-corrected chi connectivity index (χ2v) is 5.90. The van der Waals surface area contributed by atoms with Crippen molar-refractivity contribution in [2.75, 3.05) is 12.3 Å². The monoisotopic (exact) mass is 227 g/mol. The molecule has 1 aliphatic rings.